The first kappa shape index (κ1) is 16.3. The van der Waals surface area contributed by atoms with Gasteiger partial charge in [-0.25, -0.2) is 4.98 Å². The summed E-state index contributed by atoms with van der Waals surface area (Å²) in [5.74, 6) is 0.299. The smallest absolute Gasteiger partial charge is 0.222 e. The van der Waals surface area contributed by atoms with Gasteiger partial charge in [-0.05, 0) is 51.4 Å². The Morgan fingerprint density at radius 2 is 2.22 bits per heavy atom. The molecule has 0 spiro atoms. The molecule has 126 valence electrons. The number of hydrogen-bond acceptors (Lipinski definition) is 2. The quantitative estimate of drug-likeness (QED) is 0.741. The van der Waals surface area contributed by atoms with E-state index in [1.807, 2.05) is 12.5 Å². The van der Waals surface area contributed by atoms with Gasteiger partial charge in [-0.1, -0.05) is 18.6 Å². The van der Waals surface area contributed by atoms with E-state index in [1.54, 1.807) is 0 Å². The van der Waals surface area contributed by atoms with Crippen molar-refractivity contribution in [2.24, 2.45) is 5.41 Å². The van der Waals surface area contributed by atoms with Crippen LogP contribution in [0.4, 0.5) is 0 Å². The zero-order chi connectivity index (χ0) is 16.4. The lowest BCUT2D eigenvalue weighted by Crippen LogP contribution is -2.44. The van der Waals surface area contributed by atoms with Crippen molar-refractivity contribution in [2.75, 3.05) is 6.54 Å². The first-order chi connectivity index (χ1) is 11.0. The van der Waals surface area contributed by atoms with Crippen LogP contribution < -0.4 is 0 Å². The van der Waals surface area contributed by atoms with Crippen LogP contribution in [0.5, 0.6) is 0 Å². The number of nitrogens with zero attached hydrogens (tertiary/aromatic N) is 3. The topological polar surface area (TPSA) is 38.1 Å². The van der Waals surface area contributed by atoms with Crippen LogP contribution in [0.3, 0.4) is 0 Å². The van der Waals surface area contributed by atoms with Crippen molar-refractivity contribution in [1.82, 2.24) is 14.5 Å². The van der Waals surface area contributed by atoms with E-state index in [-0.39, 0.29) is 5.41 Å². The van der Waals surface area contributed by atoms with Gasteiger partial charge in [0.05, 0.1) is 18.6 Å². The number of rotatable bonds is 6. The third kappa shape index (κ3) is 4.04. The van der Waals surface area contributed by atoms with E-state index in [2.05, 4.69) is 41.3 Å². The molecule has 4 nitrogen and oxygen atoms in total. The van der Waals surface area contributed by atoms with E-state index in [0.29, 0.717) is 24.9 Å². The monoisotopic (exact) mass is 315 g/mol. The minimum Gasteiger partial charge on any atom is -0.336 e. The van der Waals surface area contributed by atoms with Gasteiger partial charge in [0, 0.05) is 25.2 Å². The molecule has 2 heterocycles. The van der Waals surface area contributed by atoms with Gasteiger partial charge in [-0.2, -0.15) is 0 Å². The minimum absolute atomic E-state index is 0.240. The lowest BCUT2D eigenvalue weighted by atomic mass is 9.77. The Balaban J connectivity index is 1.64. The molecule has 1 saturated carbocycles. The Morgan fingerprint density at radius 3 is 2.91 bits per heavy atom. The molecule has 1 unspecified atom stereocenters. The van der Waals surface area contributed by atoms with Crippen molar-refractivity contribution in [3.63, 3.8) is 0 Å². The van der Waals surface area contributed by atoms with Crippen molar-refractivity contribution in [1.29, 1.82) is 0 Å². The highest BCUT2D eigenvalue weighted by Crippen LogP contribution is 2.38. The number of amides is 1. The van der Waals surface area contributed by atoms with E-state index >= 15 is 0 Å². The Kier molecular flexibility index (Phi) is 4.60. The van der Waals surface area contributed by atoms with E-state index < -0.39 is 0 Å². The molecular formula is C19H29N3O. The highest BCUT2D eigenvalue weighted by Gasteiger charge is 2.35. The molecule has 1 amide bonds. The SMILES string of the molecule is CC(C)=CCCC1(C)CCC(=O)N(Cc2cncn2C2CC2)C1. The number of carbonyl (C=O) groups excluding carboxylic acids is 1. The first-order valence-corrected chi connectivity index (χ1v) is 8.89. The number of allylic oxidation sites excluding steroid dienone is 2. The third-order valence-corrected chi connectivity index (χ3v) is 5.21. The van der Waals surface area contributed by atoms with Gasteiger partial charge in [-0.3, -0.25) is 4.79 Å². The maximum absolute atomic E-state index is 12.4. The molecule has 3 rings (SSSR count). The average molecular weight is 315 g/mol. The summed E-state index contributed by atoms with van der Waals surface area (Å²) in [6, 6.07) is 0.622. The predicted molar refractivity (Wildman–Crippen MR) is 91.9 cm³/mol. The highest BCUT2D eigenvalue weighted by molar-refractivity contribution is 5.77. The molecule has 4 heteroatoms. The van der Waals surface area contributed by atoms with Gasteiger partial charge in [0.15, 0.2) is 0 Å². The molecule has 1 aromatic heterocycles. The first-order valence-electron chi connectivity index (χ1n) is 8.89. The lowest BCUT2D eigenvalue weighted by molar-refractivity contribution is -0.138. The second-order valence-corrected chi connectivity index (χ2v) is 7.90. The van der Waals surface area contributed by atoms with Gasteiger partial charge in [0.25, 0.3) is 0 Å². The van der Waals surface area contributed by atoms with Crippen molar-refractivity contribution < 1.29 is 4.79 Å². The maximum atomic E-state index is 12.4. The number of carbonyl (C=O) groups is 1. The summed E-state index contributed by atoms with van der Waals surface area (Å²) in [4.78, 5) is 18.7. The Bertz CT molecular complexity index is 596. The second-order valence-electron chi connectivity index (χ2n) is 7.90. The minimum atomic E-state index is 0.240. The Hall–Kier alpha value is -1.58. The summed E-state index contributed by atoms with van der Waals surface area (Å²) in [7, 11) is 0. The summed E-state index contributed by atoms with van der Waals surface area (Å²) in [6.07, 6.45) is 12.6. The van der Waals surface area contributed by atoms with E-state index in [9.17, 15) is 4.79 Å². The molecule has 0 N–H and O–H groups in total. The van der Waals surface area contributed by atoms with Crippen LogP contribution in [0.2, 0.25) is 0 Å². The number of imidazole rings is 1. The molecule has 1 atom stereocenters. The zero-order valence-corrected chi connectivity index (χ0v) is 14.7. The second kappa shape index (κ2) is 6.50. The molecule has 2 aliphatic rings. The Labute approximate surface area is 139 Å². The molecule has 1 aliphatic carbocycles. The number of aromatic nitrogens is 2. The van der Waals surface area contributed by atoms with Crippen molar-refractivity contribution in [2.45, 2.75) is 71.9 Å². The maximum Gasteiger partial charge on any atom is 0.222 e. The standard InChI is InChI=1S/C19H29N3O/c1-15(2)5-4-9-19(3)10-8-18(23)21(13-19)12-17-11-20-14-22(17)16-6-7-16/h5,11,14,16H,4,6-10,12-13H2,1-3H3. The van der Waals surface area contributed by atoms with Crippen LogP contribution in [0, 0.1) is 5.41 Å². The normalized spacial score (nSPS) is 24.8. The molecule has 0 bridgehead atoms. The van der Waals surface area contributed by atoms with Crippen molar-refractivity contribution in [3.05, 3.63) is 29.9 Å². The zero-order valence-electron chi connectivity index (χ0n) is 14.7. The van der Waals surface area contributed by atoms with Crippen molar-refractivity contribution >= 4 is 5.91 Å². The summed E-state index contributed by atoms with van der Waals surface area (Å²) in [5, 5.41) is 0. The molecule has 1 aliphatic heterocycles. The summed E-state index contributed by atoms with van der Waals surface area (Å²) < 4.78 is 2.27. The molecule has 0 radical (unpaired) electrons. The summed E-state index contributed by atoms with van der Waals surface area (Å²) >= 11 is 0. The predicted octanol–water partition coefficient (Wildman–Crippen LogP) is 4.09. The largest absolute Gasteiger partial charge is 0.336 e. The molecule has 23 heavy (non-hydrogen) atoms. The van der Waals surface area contributed by atoms with Crippen LogP contribution in [0.25, 0.3) is 0 Å². The lowest BCUT2D eigenvalue weighted by Gasteiger charge is -2.40. The molecule has 1 saturated heterocycles. The van der Waals surface area contributed by atoms with E-state index in [4.69, 9.17) is 0 Å². The fraction of sp³-hybridized carbons (Fsp3) is 0.684. The number of hydrogen-bond donors (Lipinski definition) is 0. The molecule has 0 aromatic carbocycles. The summed E-state index contributed by atoms with van der Waals surface area (Å²) in [5.41, 5.74) is 2.81. The average Bonchev–Trinajstić information content (AvgIpc) is 3.23. The van der Waals surface area contributed by atoms with Gasteiger partial charge in [-0.15, -0.1) is 0 Å². The Morgan fingerprint density at radius 1 is 1.43 bits per heavy atom. The van der Waals surface area contributed by atoms with Crippen molar-refractivity contribution in [3.8, 4) is 0 Å². The fourth-order valence-corrected chi connectivity index (χ4v) is 3.58. The van der Waals surface area contributed by atoms with Gasteiger partial charge < -0.3 is 9.47 Å². The van der Waals surface area contributed by atoms with Gasteiger partial charge in [0.1, 0.15) is 0 Å². The number of likely N-dealkylation sites (tertiary alicyclic amines) is 1. The van der Waals surface area contributed by atoms with Gasteiger partial charge in [0.2, 0.25) is 5.91 Å². The highest BCUT2D eigenvalue weighted by atomic mass is 16.2. The van der Waals surface area contributed by atoms with E-state index in [1.165, 1.54) is 24.1 Å². The number of piperidine rings is 1. The molecule has 2 fully saturated rings. The summed E-state index contributed by atoms with van der Waals surface area (Å²) in [6.45, 7) is 8.23. The van der Waals surface area contributed by atoms with Crippen LogP contribution in [0.1, 0.15) is 71.0 Å². The fourth-order valence-electron chi connectivity index (χ4n) is 3.58. The van der Waals surface area contributed by atoms with Gasteiger partial charge >= 0.3 is 0 Å². The van der Waals surface area contributed by atoms with Crippen LogP contribution in [0.15, 0.2) is 24.2 Å². The van der Waals surface area contributed by atoms with Crippen LogP contribution >= 0.6 is 0 Å². The van der Waals surface area contributed by atoms with Crippen LogP contribution in [-0.4, -0.2) is 26.9 Å². The molecular weight excluding hydrogens is 286 g/mol. The van der Waals surface area contributed by atoms with E-state index in [0.717, 1.165) is 25.8 Å². The third-order valence-electron chi connectivity index (χ3n) is 5.21. The molecule has 1 aromatic rings. The van der Waals surface area contributed by atoms with Crippen LogP contribution in [-0.2, 0) is 11.3 Å².